The fraction of sp³-hybridized carbons (Fsp3) is 0.444. The van der Waals surface area contributed by atoms with Gasteiger partial charge in [-0.1, -0.05) is 6.92 Å². The van der Waals surface area contributed by atoms with Gasteiger partial charge in [-0.05, 0) is 37.6 Å². The minimum absolute atomic E-state index is 0.00819. The standard InChI is InChI=1S/C18H24N4O3/c1-4-16-13(2)19-18-21(14-5-7-15(25-3)8-6-14)11-20(9-10-23)12-22(18)17(16)24/h5-8,23H,4,9-12H2,1-3H3. The summed E-state index contributed by atoms with van der Waals surface area (Å²) in [4.78, 5) is 21.6. The highest BCUT2D eigenvalue weighted by Crippen LogP contribution is 2.29. The van der Waals surface area contributed by atoms with E-state index in [-0.39, 0.29) is 12.2 Å². The number of β-amino-alcohol motifs (C(OH)–C–C–N with tert-alkyl or cyclic N) is 1. The van der Waals surface area contributed by atoms with Gasteiger partial charge in [0.05, 0.1) is 27.1 Å². The van der Waals surface area contributed by atoms with Gasteiger partial charge in [0.15, 0.2) is 0 Å². The van der Waals surface area contributed by atoms with Crippen LogP contribution in [0.1, 0.15) is 18.2 Å². The van der Waals surface area contributed by atoms with Crippen LogP contribution >= 0.6 is 0 Å². The Morgan fingerprint density at radius 3 is 2.56 bits per heavy atom. The second kappa shape index (κ2) is 7.25. The Labute approximate surface area is 147 Å². The number of aliphatic hydroxyl groups excluding tert-OH is 1. The van der Waals surface area contributed by atoms with Crippen molar-refractivity contribution in [1.29, 1.82) is 0 Å². The van der Waals surface area contributed by atoms with Crippen molar-refractivity contribution < 1.29 is 9.84 Å². The molecule has 2 aromatic rings. The van der Waals surface area contributed by atoms with Gasteiger partial charge in [-0.25, -0.2) is 4.98 Å². The van der Waals surface area contributed by atoms with E-state index in [1.165, 1.54) is 0 Å². The van der Waals surface area contributed by atoms with Crippen LogP contribution < -0.4 is 15.2 Å². The molecule has 134 valence electrons. The monoisotopic (exact) mass is 344 g/mol. The second-order valence-electron chi connectivity index (χ2n) is 6.09. The van der Waals surface area contributed by atoms with Crippen LogP contribution in [0.5, 0.6) is 5.75 Å². The van der Waals surface area contributed by atoms with Crippen molar-refractivity contribution in [3.63, 3.8) is 0 Å². The average Bonchev–Trinajstić information content (AvgIpc) is 2.62. The van der Waals surface area contributed by atoms with Crippen molar-refractivity contribution in [3.05, 3.63) is 45.9 Å². The van der Waals surface area contributed by atoms with E-state index in [0.29, 0.717) is 32.3 Å². The molecule has 0 saturated heterocycles. The number of ether oxygens (including phenoxy) is 1. The molecular weight excluding hydrogens is 320 g/mol. The average molecular weight is 344 g/mol. The van der Waals surface area contributed by atoms with Crippen LogP contribution in [0.25, 0.3) is 0 Å². The molecule has 7 nitrogen and oxygen atoms in total. The van der Waals surface area contributed by atoms with E-state index >= 15 is 0 Å². The topological polar surface area (TPSA) is 70.8 Å². The lowest BCUT2D eigenvalue weighted by molar-refractivity contribution is 0.152. The molecule has 0 saturated carbocycles. The van der Waals surface area contributed by atoms with Crippen LogP contribution in [-0.2, 0) is 13.1 Å². The fourth-order valence-corrected chi connectivity index (χ4v) is 3.18. The summed E-state index contributed by atoms with van der Waals surface area (Å²) in [6, 6.07) is 7.66. The number of methoxy groups -OCH3 is 1. The van der Waals surface area contributed by atoms with E-state index in [0.717, 1.165) is 22.7 Å². The Morgan fingerprint density at radius 2 is 1.96 bits per heavy atom. The highest BCUT2D eigenvalue weighted by Gasteiger charge is 2.27. The highest BCUT2D eigenvalue weighted by molar-refractivity contribution is 5.59. The number of aliphatic hydroxyl groups is 1. The molecule has 1 aromatic carbocycles. The van der Waals surface area contributed by atoms with Gasteiger partial charge in [0.2, 0.25) is 5.95 Å². The summed E-state index contributed by atoms with van der Waals surface area (Å²) < 4.78 is 6.91. The minimum Gasteiger partial charge on any atom is -0.497 e. The summed E-state index contributed by atoms with van der Waals surface area (Å²) in [5.41, 5.74) is 2.43. The number of hydrogen-bond acceptors (Lipinski definition) is 6. The van der Waals surface area contributed by atoms with Crippen molar-refractivity contribution in [2.24, 2.45) is 0 Å². The molecule has 1 aromatic heterocycles. The van der Waals surface area contributed by atoms with Gasteiger partial charge >= 0.3 is 0 Å². The molecule has 1 aliphatic rings. The molecule has 7 heteroatoms. The maximum absolute atomic E-state index is 12.9. The zero-order valence-corrected chi connectivity index (χ0v) is 14.9. The van der Waals surface area contributed by atoms with Crippen LogP contribution in [0.4, 0.5) is 11.6 Å². The molecule has 0 aliphatic carbocycles. The Hall–Kier alpha value is -2.38. The number of hydrogen-bond donors (Lipinski definition) is 1. The summed E-state index contributed by atoms with van der Waals surface area (Å²) in [7, 11) is 1.63. The molecule has 0 radical (unpaired) electrons. The molecule has 0 spiro atoms. The third-order valence-electron chi connectivity index (χ3n) is 4.53. The summed E-state index contributed by atoms with van der Waals surface area (Å²) in [5, 5.41) is 9.33. The number of benzene rings is 1. The second-order valence-corrected chi connectivity index (χ2v) is 6.09. The van der Waals surface area contributed by atoms with E-state index in [1.54, 1.807) is 11.7 Å². The number of aromatic nitrogens is 2. The Bertz CT molecular complexity index is 801. The molecule has 0 atom stereocenters. The summed E-state index contributed by atoms with van der Waals surface area (Å²) in [6.07, 6.45) is 0.653. The zero-order chi connectivity index (χ0) is 18.0. The number of aryl methyl sites for hydroxylation is 1. The molecular formula is C18H24N4O3. The van der Waals surface area contributed by atoms with Gasteiger partial charge in [0.1, 0.15) is 5.75 Å². The minimum atomic E-state index is -0.00819. The van der Waals surface area contributed by atoms with E-state index in [2.05, 4.69) is 0 Å². The predicted molar refractivity (Wildman–Crippen MR) is 96.4 cm³/mol. The van der Waals surface area contributed by atoms with Crippen LogP contribution in [0.15, 0.2) is 29.1 Å². The zero-order valence-electron chi connectivity index (χ0n) is 14.9. The van der Waals surface area contributed by atoms with E-state index in [4.69, 9.17) is 9.72 Å². The molecule has 1 N–H and O–H groups in total. The first-order valence-electron chi connectivity index (χ1n) is 8.44. The first kappa shape index (κ1) is 17.4. The number of nitrogens with zero attached hydrogens (tertiary/aromatic N) is 4. The quantitative estimate of drug-likeness (QED) is 0.886. The molecule has 0 bridgehead atoms. The fourth-order valence-electron chi connectivity index (χ4n) is 3.18. The first-order valence-corrected chi connectivity index (χ1v) is 8.44. The van der Waals surface area contributed by atoms with Gasteiger partial charge < -0.3 is 9.84 Å². The lowest BCUT2D eigenvalue weighted by atomic mass is 10.2. The maximum Gasteiger partial charge on any atom is 0.259 e. The van der Waals surface area contributed by atoms with Crippen LogP contribution in [0.3, 0.4) is 0 Å². The van der Waals surface area contributed by atoms with Gasteiger partial charge in [-0.15, -0.1) is 0 Å². The third kappa shape index (κ3) is 3.25. The number of rotatable bonds is 5. The lowest BCUT2D eigenvalue weighted by Gasteiger charge is -2.38. The van der Waals surface area contributed by atoms with Crippen LogP contribution in [0, 0.1) is 6.92 Å². The highest BCUT2D eigenvalue weighted by atomic mass is 16.5. The Morgan fingerprint density at radius 1 is 1.24 bits per heavy atom. The van der Waals surface area contributed by atoms with Gasteiger partial charge in [0, 0.05) is 23.5 Å². The van der Waals surface area contributed by atoms with Crippen molar-refractivity contribution in [2.45, 2.75) is 26.9 Å². The first-order chi connectivity index (χ1) is 12.1. The number of fused-ring (bicyclic) bond motifs is 1. The SMILES string of the molecule is CCc1c(C)nc2n(c1=O)CN(CCO)CN2c1ccc(OC)cc1. The smallest absolute Gasteiger partial charge is 0.259 e. The van der Waals surface area contributed by atoms with E-state index in [9.17, 15) is 9.90 Å². The van der Waals surface area contributed by atoms with Crippen LogP contribution in [-0.4, -0.2) is 46.5 Å². The van der Waals surface area contributed by atoms with Crippen molar-refractivity contribution in [2.75, 3.05) is 31.8 Å². The molecule has 0 amide bonds. The van der Waals surface area contributed by atoms with Gasteiger partial charge in [-0.3, -0.25) is 19.2 Å². The Balaban J connectivity index is 2.11. The largest absolute Gasteiger partial charge is 0.497 e. The lowest BCUT2D eigenvalue weighted by Crippen LogP contribution is -2.48. The Kier molecular flexibility index (Phi) is 5.06. The van der Waals surface area contributed by atoms with Crippen molar-refractivity contribution in [1.82, 2.24) is 14.5 Å². The maximum atomic E-state index is 12.9. The summed E-state index contributed by atoms with van der Waals surface area (Å²) in [5.74, 6) is 1.41. The third-order valence-corrected chi connectivity index (χ3v) is 4.53. The van der Waals surface area contributed by atoms with E-state index < -0.39 is 0 Å². The van der Waals surface area contributed by atoms with Crippen molar-refractivity contribution >= 4 is 11.6 Å². The van der Waals surface area contributed by atoms with Crippen LogP contribution in [0.2, 0.25) is 0 Å². The number of anilines is 2. The molecule has 0 unspecified atom stereocenters. The van der Waals surface area contributed by atoms with E-state index in [1.807, 2.05) is 47.9 Å². The molecule has 0 fully saturated rings. The summed E-state index contributed by atoms with van der Waals surface area (Å²) in [6.45, 7) is 5.38. The van der Waals surface area contributed by atoms with Gasteiger partial charge in [-0.2, -0.15) is 0 Å². The molecule has 2 heterocycles. The molecule has 3 rings (SSSR count). The summed E-state index contributed by atoms with van der Waals surface area (Å²) >= 11 is 0. The predicted octanol–water partition coefficient (Wildman–Crippen LogP) is 1.48. The molecule has 1 aliphatic heterocycles. The normalized spacial score (nSPS) is 14.5. The van der Waals surface area contributed by atoms with Gasteiger partial charge in [0.25, 0.3) is 5.56 Å². The molecule has 25 heavy (non-hydrogen) atoms. The van der Waals surface area contributed by atoms with Crippen molar-refractivity contribution in [3.8, 4) is 5.75 Å².